The summed E-state index contributed by atoms with van der Waals surface area (Å²) in [5.41, 5.74) is 1.27. The number of nitrogens with zero attached hydrogens (tertiary/aromatic N) is 3. The molecule has 0 aromatic carbocycles. The van der Waals surface area contributed by atoms with Gasteiger partial charge in [0.05, 0.1) is 0 Å². The largest absolute Gasteiger partial charge is 0.354 e. The molecule has 22 heavy (non-hydrogen) atoms. The summed E-state index contributed by atoms with van der Waals surface area (Å²) in [6.45, 7) is 2.01. The number of amides is 2. The highest BCUT2D eigenvalue weighted by molar-refractivity contribution is 7.15. The van der Waals surface area contributed by atoms with Crippen LogP contribution in [-0.4, -0.2) is 26.8 Å². The van der Waals surface area contributed by atoms with Crippen LogP contribution in [0.4, 0.5) is 9.93 Å². The monoisotopic (exact) mass is 319 g/mol. The minimum Gasteiger partial charge on any atom is -0.354 e. The number of carbonyl (C=O) groups excluding carboxylic acids is 1. The summed E-state index contributed by atoms with van der Waals surface area (Å²) in [6.07, 6.45) is 6.26. The fourth-order valence-electron chi connectivity index (χ4n) is 2.33. The molecule has 3 rings (SSSR count). The minimum absolute atomic E-state index is 0.103. The molecule has 1 aliphatic rings. The molecule has 2 aromatic heterocycles. The predicted octanol–water partition coefficient (Wildman–Crippen LogP) is 2.90. The number of rotatable bonds is 6. The zero-order valence-electron chi connectivity index (χ0n) is 12.9. The zero-order chi connectivity index (χ0) is 15.5. The second kappa shape index (κ2) is 6.48. The topological polar surface area (TPSA) is 71.8 Å². The summed E-state index contributed by atoms with van der Waals surface area (Å²) >= 11 is 1.47. The van der Waals surface area contributed by atoms with Crippen molar-refractivity contribution in [2.75, 3.05) is 5.32 Å². The number of urea groups is 1. The Kier molecular flexibility index (Phi) is 4.42. The van der Waals surface area contributed by atoms with E-state index in [-0.39, 0.29) is 12.1 Å². The van der Waals surface area contributed by atoms with Crippen molar-refractivity contribution in [2.24, 2.45) is 7.05 Å². The van der Waals surface area contributed by atoms with Crippen molar-refractivity contribution in [3.8, 4) is 0 Å². The van der Waals surface area contributed by atoms with Crippen molar-refractivity contribution in [3.05, 3.63) is 29.0 Å². The molecule has 2 aromatic rings. The molecule has 0 unspecified atom stereocenters. The average Bonchev–Trinajstić information content (AvgIpc) is 3.09. The molecule has 1 fully saturated rings. The van der Waals surface area contributed by atoms with E-state index in [1.807, 2.05) is 26.2 Å². The van der Waals surface area contributed by atoms with Gasteiger partial charge in [-0.3, -0.25) is 5.32 Å². The lowest BCUT2D eigenvalue weighted by Crippen LogP contribution is -2.36. The van der Waals surface area contributed by atoms with Crippen molar-refractivity contribution in [1.82, 2.24) is 20.1 Å². The van der Waals surface area contributed by atoms with Crippen LogP contribution in [0.5, 0.6) is 0 Å². The van der Waals surface area contributed by atoms with Crippen molar-refractivity contribution >= 4 is 22.5 Å². The highest BCUT2D eigenvalue weighted by Gasteiger charge is 2.27. The van der Waals surface area contributed by atoms with Gasteiger partial charge in [0.2, 0.25) is 5.13 Å². The molecule has 6 nitrogen and oxygen atoms in total. The van der Waals surface area contributed by atoms with Crippen LogP contribution in [0.25, 0.3) is 0 Å². The molecule has 7 heteroatoms. The molecule has 2 heterocycles. The van der Waals surface area contributed by atoms with E-state index in [2.05, 4.69) is 31.5 Å². The van der Waals surface area contributed by atoms with E-state index in [1.54, 1.807) is 0 Å². The van der Waals surface area contributed by atoms with Crippen LogP contribution in [0.3, 0.4) is 0 Å². The van der Waals surface area contributed by atoms with E-state index in [4.69, 9.17) is 0 Å². The summed E-state index contributed by atoms with van der Waals surface area (Å²) in [4.78, 5) is 12.0. The Morgan fingerprint density at radius 2 is 2.32 bits per heavy atom. The average molecular weight is 319 g/mol. The van der Waals surface area contributed by atoms with Crippen molar-refractivity contribution in [3.63, 3.8) is 0 Å². The van der Waals surface area contributed by atoms with Gasteiger partial charge < -0.3 is 9.88 Å². The van der Waals surface area contributed by atoms with Gasteiger partial charge in [0.1, 0.15) is 5.01 Å². The van der Waals surface area contributed by atoms with Gasteiger partial charge >= 0.3 is 6.03 Å². The second-order valence-corrected chi connectivity index (χ2v) is 6.88. The second-order valence-electron chi connectivity index (χ2n) is 5.87. The molecular formula is C15H21N5OS. The van der Waals surface area contributed by atoms with Crippen LogP contribution in [0.1, 0.15) is 42.8 Å². The number of hydrogen-bond acceptors (Lipinski definition) is 4. The standard InChI is InChI=1S/C15H21N5OS/c1-10(5-8-12-4-3-9-20(12)2)16-14(21)17-15-19-18-13(22-15)11-6-7-11/h3-4,9-11H,5-8H2,1-2H3,(H2,16,17,19,21)/t10-/m0/s1. The normalized spacial score (nSPS) is 15.5. The van der Waals surface area contributed by atoms with Crippen molar-refractivity contribution < 1.29 is 4.79 Å². The Morgan fingerprint density at radius 1 is 1.50 bits per heavy atom. The fraction of sp³-hybridized carbons (Fsp3) is 0.533. The van der Waals surface area contributed by atoms with Crippen molar-refractivity contribution in [1.29, 1.82) is 0 Å². The van der Waals surface area contributed by atoms with Gasteiger partial charge in [-0.05, 0) is 44.7 Å². The molecule has 0 radical (unpaired) electrons. The van der Waals surface area contributed by atoms with E-state index in [1.165, 1.54) is 29.9 Å². The van der Waals surface area contributed by atoms with Crippen LogP contribution in [0.2, 0.25) is 0 Å². The quantitative estimate of drug-likeness (QED) is 0.860. The maximum atomic E-state index is 12.0. The Morgan fingerprint density at radius 3 is 3.00 bits per heavy atom. The van der Waals surface area contributed by atoms with E-state index >= 15 is 0 Å². The lowest BCUT2D eigenvalue weighted by Gasteiger charge is -2.14. The molecule has 0 saturated heterocycles. The van der Waals surface area contributed by atoms with E-state index in [9.17, 15) is 4.79 Å². The van der Waals surface area contributed by atoms with Crippen molar-refractivity contribution in [2.45, 2.75) is 44.6 Å². The molecule has 1 atom stereocenters. The van der Waals surface area contributed by atoms with Gasteiger partial charge in [0.25, 0.3) is 0 Å². The number of carbonyl (C=O) groups is 1. The molecule has 2 amide bonds. The fourth-order valence-corrected chi connectivity index (χ4v) is 3.24. The SMILES string of the molecule is C[C@@H](CCc1cccn1C)NC(=O)Nc1nnc(C2CC2)s1. The van der Waals surface area contributed by atoms with Crippen LogP contribution in [-0.2, 0) is 13.5 Å². The number of aryl methyl sites for hydroxylation is 2. The molecule has 0 bridgehead atoms. The lowest BCUT2D eigenvalue weighted by molar-refractivity contribution is 0.248. The first-order valence-electron chi connectivity index (χ1n) is 7.63. The molecule has 0 aliphatic heterocycles. The smallest absolute Gasteiger partial charge is 0.321 e. The third kappa shape index (κ3) is 3.85. The van der Waals surface area contributed by atoms with Gasteiger partial charge in [-0.15, -0.1) is 10.2 Å². The summed E-state index contributed by atoms with van der Waals surface area (Å²) in [5, 5.41) is 15.5. The van der Waals surface area contributed by atoms with Crippen LogP contribution in [0.15, 0.2) is 18.3 Å². The summed E-state index contributed by atoms with van der Waals surface area (Å²) in [7, 11) is 2.03. The number of aromatic nitrogens is 3. The summed E-state index contributed by atoms with van der Waals surface area (Å²) in [5.74, 6) is 0.570. The molecular weight excluding hydrogens is 298 g/mol. The Labute approximate surface area is 133 Å². The number of nitrogens with one attached hydrogen (secondary N) is 2. The van der Waals surface area contributed by atoms with Crippen LogP contribution < -0.4 is 10.6 Å². The minimum atomic E-state index is -0.210. The zero-order valence-corrected chi connectivity index (χ0v) is 13.7. The first-order chi connectivity index (χ1) is 10.6. The third-order valence-corrected chi connectivity index (χ3v) is 4.85. The highest BCUT2D eigenvalue weighted by atomic mass is 32.1. The predicted molar refractivity (Wildman–Crippen MR) is 87.2 cm³/mol. The maximum absolute atomic E-state index is 12.0. The van der Waals surface area contributed by atoms with Gasteiger partial charge in [0, 0.05) is 30.9 Å². The highest BCUT2D eigenvalue weighted by Crippen LogP contribution is 2.41. The Balaban J connectivity index is 1.43. The third-order valence-electron chi connectivity index (χ3n) is 3.85. The summed E-state index contributed by atoms with van der Waals surface area (Å²) in [6, 6.07) is 4.03. The van der Waals surface area contributed by atoms with Gasteiger partial charge in [-0.1, -0.05) is 11.3 Å². The molecule has 118 valence electrons. The molecule has 1 aliphatic carbocycles. The van der Waals surface area contributed by atoms with Gasteiger partial charge in [-0.25, -0.2) is 4.79 Å². The molecule has 0 spiro atoms. The van der Waals surface area contributed by atoms with Crippen LogP contribution in [0, 0.1) is 0 Å². The number of anilines is 1. The number of hydrogen-bond donors (Lipinski definition) is 2. The first kappa shape index (κ1) is 15.0. The van der Waals surface area contributed by atoms with Gasteiger partial charge in [-0.2, -0.15) is 0 Å². The van der Waals surface area contributed by atoms with E-state index < -0.39 is 0 Å². The van der Waals surface area contributed by atoms with Gasteiger partial charge in [0.15, 0.2) is 0 Å². The first-order valence-corrected chi connectivity index (χ1v) is 8.44. The Hall–Kier alpha value is -1.89. The maximum Gasteiger partial charge on any atom is 0.321 e. The van der Waals surface area contributed by atoms with E-state index in [0.717, 1.165) is 17.8 Å². The van der Waals surface area contributed by atoms with E-state index in [0.29, 0.717) is 11.0 Å². The lowest BCUT2D eigenvalue weighted by atomic mass is 10.1. The molecule has 1 saturated carbocycles. The molecule has 2 N–H and O–H groups in total. The van der Waals surface area contributed by atoms with Crippen LogP contribution >= 0.6 is 11.3 Å². The summed E-state index contributed by atoms with van der Waals surface area (Å²) < 4.78 is 2.10. The Bertz CT molecular complexity index is 646.